The number of nitrogens with one attached hydrogen (secondary N) is 1. The van der Waals surface area contributed by atoms with E-state index in [0.717, 1.165) is 11.1 Å². The number of halogens is 1. The maximum Gasteiger partial charge on any atom is 0.307 e. The highest BCUT2D eigenvalue weighted by Gasteiger charge is 2.14. The molecular formula is C15H15FN2O3S. The van der Waals surface area contributed by atoms with E-state index in [4.69, 9.17) is 5.11 Å². The van der Waals surface area contributed by atoms with Crippen molar-refractivity contribution < 1.29 is 19.1 Å². The molecule has 0 radical (unpaired) electrons. The van der Waals surface area contributed by atoms with Crippen LogP contribution in [-0.2, 0) is 11.2 Å². The van der Waals surface area contributed by atoms with Crippen molar-refractivity contribution in [2.75, 3.05) is 5.32 Å². The highest BCUT2D eigenvalue weighted by Crippen LogP contribution is 2.20. The monoisotopic (exact) mass is 322 g/mol. The van der Waals surface area contributed by atoms with Crippen LogP contribution in [0.1, 0.15) is 40.8 Å². The Bertz CT molecular complexity index is 713. The van der Waals surface area contributed by atoms with Crippen molar-refractivity contribution in [3.05, 3.63) is 45.7 Å². The number of carbonyl (C=O) groups is 2. The number of benzene rings is 1. The van der Waals surface area contributed by atoms with Gasteiger partial charge in [-0.2, -0.15) is 0 Å². The molecule has 0 unspecified atom stereocenters. The summed E-state index contributed by atoms with van der Waals surface area (Å²) in [5.41, 5.74) is 0.612. The summed E-state index contributed by atoms with van der Waals surface area (Å²) < 4.78 is 13.7. The Labute approximate surface area is 130 Å². The Balaban J connectivity index is 2.11. The number of thiazole rings is 1. The summed E-state index contributed by atoms with van der Waals surface area (Å²) in [6, 6.07) is 3.92. The van der Waals surface area contributed by atoms with Gasteiger partial charge in [-0.1, -0.05) is 19.9 Å². The predicted octanol–water partition coefficient (Wildman–Crippen LogP) is 3.29. The molecule has 1 aromatic carbocycles. The Hall–Kier alpha value is -2.28. The number of aromatic nitrogens is 1. The molecule has 0 aliphatic heterocycles. The van der Waals surface area contributed by atoms with E-state index in [1.807, 2.05) is 13.8 Å². The minimum atomic E-state index is -1.11. The molecule has 1 heterocycles. The number of carboxylic acid groups (broad SMARTS) is 1. The van der Waals surface area contributed by atoms with E-state index >= 15 is 0 Å². The molecule has 2 N–H and O–H groups in total. The third kappa shape index (κ3) is 3.88. The molecule has 22 heavy (non-hydrogen) atoms. The molecule has 116 valence electrons. The van der Waals surface area contributed by atoms with Gasteiger partial charge >= 0.3 is 5.97 Å². The molecular weight excluding hydrogens is 307 g/mol. The van der Waals surface area contributed by atoms with Crippen molar-refractivity contribution in [1.82, 2.24) is 4.98 Å². The van der Waals surface area contributed by atoms with Crippen molar-refractivity contribution >= 4 is 28.9 Å². The largest absolute Gasteiger partial charge is 0.481 e. The average Bonchev–Trinajstić information content (AvgIpc) is 2.91. The molecule has 5 nitrogen and oxygen atoms in total. The van der Waals surface area contributed by atoms with Gasteiger partial charge in [-0.25, -0.2) is 9.37 Å². The molecule has 7 heteroatoms. The number of amides is 1. The smallest absolute Gasteiger partial charge is 0.307 e. The van der Waals surface area contributed by atoms with Crippen LogP contribution in [-0.4, -0.2) is 22.0 Å². The van der Waals surface area contributed by atoms with Crippen LogP contribution in [0.5, 0.6) is 0 Å². The fraction of sp³-hybridized carbons (Fsp3) is 0.267. The SMILES string of the molecule is CC(C)c1nc(C(=O)Nc2ccc(CC(=O)O)c(F)c2)cs1. The summed E-state index contributed by atoms with van der Waals surface area (Å²) in [6.45, 7) is 3.97. The summed E-state index contributed by atoms with van der Waals surface area (Å²) >= 11 is 1.40. The Morgan fingerprint density at radius 1 is 1.41 bits per heavy atom. The van der Waals surface area contributed by atoms with Crippen LogP contribution in [0, 0.1) is 5.82 Å². The van der Waals surface area contributed by atoms with E-state index in [1.54, 1.807) is 5.38 Å². The van der Waals surface area contributed by atoms with Gasteiger partial charge in [-0.3, -0.25) is 9.59 Å². The second-order valence-corrected chi connectivity index (χ2v) is 5.95. The molecule has 0 bridgehead atoms. The molecule has 2 aromatic rings. The summed E-state index contributed by atoms with van der Waals surface area (Å²) in [7, 11) is 0. The van der Waals surface area contributed by atoms with E-state index in [2.05, 4.69) is 10.3 Å². The number of carbonyl (C=O) groups excluding carboxylic acids is 1. The average molecular weight is 322 g/mol. The van der Waals surface area contributed by atoms with Gasteiger partial charge in [0.2, 0.25) is 0 Å². The predicted molar refractivity (Wildman–Crippen MR) is 81.9 cm³/mol. The van der Waals surface area contributed by atoms with Gasteiger partial charge in [-0.05, 0) is 17.7 Å². The standard InChI is InChI=1S/C15H15FN2O3S/c1-8(2)15-18-12(7-22-15)14(21)17-10-4-3-9(5-13(19)20)11(16)6-10/h3-4,6-8H,5H2,1-2H3,(H,17,21)(H,19,20). The second kappa shape index (κ2) is 6.65. The highest BCUT2D eigenvalue weighted by atomic mass is 32.1. The van der Waals surface area contributed by atoms with Crippen LogP contribution in [0.4, 0.5) is 10.1 Å². The quantitative estimate of drug-likeness (QED) is 0.885. The molecule has 0 saturated carbocycles. The van der Waals surface area contributed by atoms with Gasteiger partial charge in [0, 0.05) is 17.0 Å². The number of aliphatic carboxylic acids is 1. The van der Waals surface area contributed by atoms with Gasteiger partial charge < -0.3 is 10.4 Å². The maximum atomic E-state index is 13.7. The van der Waals surface area contributed by atoms with Crippen LogP contribution in [0.2, 0.25) is 0 Å². The van der Waals surface area contributed by atoms with E-state index < -0.39 is 24.1 Å². The lowest BCUT2D eigenvalue weighted by molar-refractivity contribution is -0.136. The molecule has 0 fully saturated rings. The van der Waals surface area contributed by atoms with E-state index in [1.165, 1.54) is 23.5 Å². The van der Waals surface area contributed by atoms with E-state index in [9.17, 15) is 14.0 Å². The Morgan fingerprint density at radius 3 is 2.68 bits per heavy atom. The van der Waals surface area contributed by atoms with Crippen LogP contribution in [0.25, 0.3) is 0 Å². The lowest BCUT2D eigenvalue weighted by Crippen LogP contribution is -2.13. The molecule has 0 spiro atoms. The Morgan fingerprint density at radius 2 is 2.14 bits per heavy atom. The number of hydrogen-bond donors (Lipinski definition) is 2. The zero-order chi connectivity index (χ0) is 16.3. The molecule has 1 amide bonds. The zero-order valence-corrected chi connectivity index (χ0v) is 12.9. The molecule has 0 aliphatic carbocycles. The minimum absolute atomic E-state index is 0.0706. The lowest BCUT2D eigenvalue weighted by Gasteiger charge is -2.06. The van der Waals surface area contributed by atoms with Crippen molar-refractivity contribution in [1.29, 1.82) is 0 Å². The van der Waals surface area contributed by atoms with Crippen molar-refractivity contribution in [3.63, 3.8) is 0 Å². The third-order valence-electron chi connectivity index (χ3n) is 2.90. The summed E-state index contributed by atoms with van der Waals surface area (Å²) in [5, 5.41) is 13.7. The number of hydrogen-bond acceptors (Lipinski definition) is 4. The van der Waals surface area contributed by atoms with E-state index in [-0.39, 0.29) is 22.9 Å². The summed E-state index contributed by atoms with van der Waals surface area (Å²) in [6.07, 6.45) is -0.399. The third-order valence-corrected chi connectivity index (χ3v) is 4.05. The lowest BCUT2D eigenvalue weighted by atomic mass is 10.1. The number of carboxylic acids is 1. The first-order valence-electron chi connectivity index (χ1n) is 6.64. The number of rotatable bonds is 5. The van der Waals surface area contributed by atoms with Crippen molar-refractivity contribution in [3.8, 4) is 0 Å². The topological polar surface area (TPSA) is 79.3 Å². The van der Waals surface area contributed by atoms with Gasteiger partial charge in [0.1, 0.15) is 11.5 Å². The molecule has 0 saturated heterocycles. The summed E-state index contributed by atoms with van der Waals surface area (Å²) in [5.74, 6) is -1.96. The maximum absolute atomic E-state index is 13.7. The fourth-order valence-corrected chi connectivity index (χ4v) is 2.60. The van der Waals surface area contributed by atoms with Gasteiger partial charge in [-0.15, -0.1) is 11.3 Å². The van der Waals surface area contributed by atoms with Crippen LogP contribution in [0.15, 0.2) is 23.6 Å². The first-order chi connectivity index (χ1) is 10.4. The molecule has 1 aromatic heterocycles. The highest BCUT2D eigenvalue weighted by molar-refractivity contribution is 7.09. The van der Waals surface area contributed by atoms with Crippen LogP contribution >= 0.6 is 11.3 Å². The van der Waals surface area contributed by atoms with Gasteiger partial charge in [0.15, 0.2) is 0 Å². The van der Waals surface area contributed by atoms with Crippen molar-refractivity contribution in [2.45, 2.75) is 26.2 Å². The first-order valence-corrected chi connectivity index (χ1v) is 7.51. The molecule has 2 rings (SSSR count). The minimum Gasteiger partial charge on any atom is -0.481 e. The van der Waals surface area contributed by atoms with Crippen LogP contribution in [0.3, 0.4) is 0 Å². The fourth-order valence-electron chi connectivity index (χ4n) is 1.78. The number of anilines is 1. The molecule has 0 atom stereocenters. The van der Waals surface area contributed by atoms with Crippen molar-refractivity contribution in [2.24, 2.45) is 0 Å². The first kappa shape index (κ1) is 16.1. The summed E-state index contributed by atoms with van der Waals surface area (Å²) in [4.78, 5) is 26.8. The van der Waals surface area contributed by atoms with E-state index in [0.29, 0.717) is 0 Å². The van der Waals surface area contributed by atoms with Crippen LogP contribution < -0.4 is 5.32 Å². The second-order valence-electron chi connectivity index (χ2n) is 5.06. The van der Waals surface area contributed by atoms with Gasteiger partial charge in [0.25, 0.3) is 5.91 Å². The number of nitrogens with zero attached hydrogens (tertiary/aromatic N) is 1. The molecule has 0 aliphatic rings. The normalized spacial score (nSPS) is 10.7. The zero-order valence-electron chi connectivity index (χ0n) is 12.1. The Kier molecular flexibility index (Phi) is 4.87. The van der Waals surface area contributed by atoms with Gasteiger partial charge in [0.05, 0.1) is 11.4 Å².